The van der Waals surface area contributed by atoms with E-state index in [1.165, 1.54) is 26.2 Å². The highest BCUT2D eigenvalue weighted by atomic mass is 19.1. The Morgan fingerprint density at radius 2 is 1.94 bits per heavy atom. The van der Waals surface area contributed by atoms with E-state index in [1.54, 1.807) is 23.0 Å². The quantitative estimate of drug-likeness (QED) is 0.693. The van der Waals surface area contributed by atoms with E-state index in [0.29, 0.717) is 18.5 Å². The van der Waals surface area contributed by atoms with Crippen LogP contribution in [0.25, 0.3) is 5.69 Å². The van der Waals surface area contributed by atoms with Crippen molar-refractivity contribution >= 4 is 5.91 Å². The van der Waals surface area contributed by atoms with Crippen molar-refractivity contribution in [3.05, 3.63) is 80.1 Å². The van der Waals surface area contributed by atoms with E-state index in [4.69, 9.17) is 0 Å². The molecule has 31 heavy (non-hydrogen) atoms. The number of fused-ring (bicyclic) bond motifs is 1. The second-order valence-corrected chi connectivity index (χ2v) is 8.78. The lowest BCUT2D eigenvalue weighted by Crippen LogP contribution is -2.43. The number of carbonyl (C=O) groups is 1. The van der Waals surface area contributed by atoms with Gasteiger partial charge in [0.05, 0.1) is 23.6 Å². The zero-order chi connectivity index (χ0) is 22.5. The maximum absolute atomic E-state index is 13.8. The summed E-state index contributed by atoms with van der Waals surface area (Å²) < 4.78 is 17.6. The number of carbonyl (C=O) groups excluding carboxylic acids is 1. The zero-order valence-corrected chi connectivity index (χ0v) is 17.8. The van der Waals surface area contributed by atoms with E-state index in [9.17, 15) is 18.8 Å². The highest BCUT2D eigenvalue weighted by Gasteiger charge is 2.36. The molecule has 0 radical (unpaired) electrons. The molecule has 3 aromatic rings. The molecule has 8 nitrogen and oxygen atoms in total. The number of hydrogen-bond donors (Lipinski definition) is 1. The summed E-state index contributed by atoms with van der Waals surface area (Å²) in [6.45, 7) is 4.18. The third-order valence-corrected chi connectivity index (χ3v) is 5.80. The van der Waals surface area contributed by atoms with Crippen LogP contribution >= 0.6 is 0 Å². The van der Waals surface area contributed by atoms with Crippen LogP contribution in [-0.4, -0.2) is 24.8 Å². The number of halogens is 1. The summed E-state index contributed by atoms with van der Waals surface area (Å²) in [5, 5.41) is 7.42. The van der Waals surface area contributed by atoms with E-state index in [2.05, 4.69) is 24.3 Å². The van der Waals surface area contributed by atoms with Crippen LogP contribution in [0.2, 0.25) is 0 Å². The van der Waals surface area contributed by atoms with Crippen molar-refractivity contribution in [2.75, 3.05) is 0 Å². The summed E-state index contributed by atoms with van der Waals surface area (Å²) in [5.74, 6) is -0.863. The summed E-state index contributed by atoms with van der Waals surface area (Å²) in [7, 11) is 2.82. The predicted molar refractivity (Wildman–Crippen MR) is 113 cm³/mol. The zero-order valence-electron chi connectivity index (χ0n) is 17.8. The first-order valence-electron chi connectivity index (χ1n) is 9.98. The molecular formula is C22H24FN5O3. The van der Waals surface area contributed by atoms with Gasteiger partial charge < -0.3 is 5.32 Å². The molecule has 0 fully saturated rings. The highest BCUT2D eigenvalue weighted by molar-refractivity contribution is 5.92. The van der Waals surface area contributed by atoms with Crippen molar-refractivity contribution in [3.63, 3.8) is 0 Å². The Balaban J connectivity index is 1.73. The van der Waals surface area contributed by atoms with Gasteiger partial charge in [-0.1, -0.05) is 19.9 Å². The minimum absolute atomic E-state index is 0.00412. The minimum atomic E-state index is -0.568. The molecule has 9 heteroatoms. The SMILES string of the molecule is Cn1c(C(=O)NC2CC(C)(C)Cc3c2cnn3-c2cccc(F)c2)cc(=O)n(C)c1=O. The molecular weight excluding hydrogens is 401 g/mol. The second-order valence-electron chi connectivity index (χ2n) is 8.78. The van der Waals surface area contributed by atoms with Crippen LogP contribution in [-0.2, 0) is 20.5 Å². The molecule has 1 N–H and O–H groups in total. The topological polar surface area (TPSA) is 90.9 Å². The lowest BCUT2D eigenvalue weighted by molar-refractivity contribution is 0.0908. The van der Waals surface area contributed by atoms with Crippen molar-refractivity contribution in [3.8, 4) is 5.69 Å². The molecule has 1 aliphatic carbocycles. The fraction of sp³-hybridized carbons (Fsp3) is 0.364. The monoisotopic (exact) mass is 425 g/mol. The summed E-state index contributed by atoms with van der Waals surface area (Å²) in [6, 6.07) is 6.98. The summed E-state index contributed by atoms with van der Waals surface area (Å²) in [4.78, 5) is 37.2. The molecule has 1 unspecified atom stereocenters. The number of nitrogens with one attached hydrogen (secondary N) is 1. The van der Waals surface area contributed by atoms with Crippen LogP contribution in [0.4, 0.5) is 4.39 Å². The number of nitrogens with zero attached hydrogens (tertiary/aromatic N) is 4. The van der Waals surface area contributed by atoms with E-state index in [-0.39, 0.29) is 23.0 Å². The molecule has 162 valence electrons. The van der Waals surface area contributed by atoms with Crippen molar-refractivity contribution in [2.24, 2.45) is 19.5 Å². The molecule has 0 spiro atoms. The molecule has 1 aromatic carbocycles. The highest BCUT2D eigenvalue weighted by Crippen LogP contribution is 2.41. The Labute approximate surface area is 177 Å². The van der Waals surface area contributed by atoms with Crippen LogP contribution in [0.5, 0.6) is 0 Å². The third kappa shape index (κ3) is 3.71. The molecule has 1 aliphatic rings. The average Bonchev–Trinajstić information content (AvgIpc) is 3.11. The maximum Gasteiger partial charge on any atom is 0.331 e. The maximum atomic E-state index is 13.8. The van der Waals surface area contributed by atoms with Crippen molar-refractivity contribution in [2.45, 2.75) is 32.7 Å². The largest absolute Gasteiger partial charge is 0.344 e. The van der Waals surface area contributed by atoms with Gasteiger partial charge in [0, 0.05) is 25.7 Å². The van der Waals surface area contributed by atoms with Gasteiger partial charge >= 0.3 is 5.69 Å². The molecule has 0 saturated carbocycles. The van der Waals surface area contributed by atoms with E-state index >= 15 is 0 Å². The van der Waals surface area contributed by atoms with Crippen LogP contribution in [0.1, 0.15) is 48.1 Å². The average molecular weight is 425 g/mol. The first-order valence-corrected chi connectivity index (χ1v) is 9.98. The van der Waals surface area contributed by atoms with Crippen LogP contribution in [0.15, 0.2) is 46.1 Å². The Bertz CT molecular complexity index is 1300. The van der Waals surface area contributed by atoms with Crippen LogP contribution < -0.4 is 16.6 Å². The molecule has 1 atom stereocenters. The fourth-order valence-electron chi connectivity index (χ4n) is 4.18. The summed E-state index contributed by atoms with van der Waals surface area (Å²) in [6.07, 6.45) is 3.04. The third-order valence-electron chi connectivity index (χ3n) is 5.80. The van der Waals surface area contributed by atoms with E-state index in [0.717, 1.165) is 26.5 Å². The van der Waals surface area contributed by atoms with Crippen molar-refractivity contribution in [1.82, 2.24) is 24.2 Å². The Kier molecular flexibility index (Phi) is 4.91. The van der Waals surface area contributed by atoms with Gasteiger partial charge in [-0.05, 0) is 36.5 Å². The molecule has 4 rings (SSSR count). The molecule has 0 saturated heterocycles. The smallest absolute Gasteiger partial charge is 0.331 e. The predicted octanol–water partition coefficient (Wildman–Crippen LogP) is 1.85. The number of benzene rings is 1. The van der Waals surface area contributed by atoms with Gasteiger partial charge in [0.25, 0.3) is 11.5 Å². The lowest BCUT2D eigenvalue weighted by Gasteiger charge is -2.36. The lowest BCUT2D eigenvalue weighted by atomic mass is 9.74. The number of aromatic nitrogens is 4. The van der Waals surface area contributed by atoms with Gasteiger partial charge in [-0.15, -0.1) is 0 Å². The van der Waals surface area contributed by atoms with Crippen LogP contribution in [0.3, 0.4) is 0 Å². The molecule has 0 aliphatic heterocycles. The number of rotatable bonds is 3. The van der Waals surface area contributed by atoms with Gasteiger partial charge in [-0.3, -0.25) is 18.7 Å². The number of hydrogen-bond acceptors (Lipinski definition) is 4. The molecule has 1 amide bonds. The second kappa shape index (κ2) is 7.33. The Hall–Kier alpha value is -3.49. The van der Waals surface area contributed by atoms with Crippen molar-refractivity contribution < 1.29 is 9.18 Å². The van der Waals surface area contributed by atoms with Gasteiger partial charge in [-0.25, -0.2) is 13.9 Å². The fourth-order valence-corrected chi connectivity index (χ4v) is 4.18. The Morgan fingerprint density at radius 1 is 1.19 bits per heavy atom. The summed E-state index contributed by atoms with van der Waals surface area (Å²) in [5.41, 5.74) is 1.07. The Morgan fingerprint density at radius 3 is 2.65 bits per heavy atom. The van der Waals surface area contributed by atoms with E-state index in [1.807, 2.05) is 0 Å². The van der Waals surface area contributed by atoms with Crippen molar-refractivity contribution in [1.29, 1.82) is 0 Å². The summed E-state index contributed by atoms with van der Waals surface area (Å²) >= 11 is 0. The molecule has 2 heterocycles. The first-order chi connectivity index (χ1) is 14.6. The van der Waals surface area contributed by atoms with Crippen LogP contribution in [0, 0.1) is 11.2 Å². The number of amides is 1. The standard InChI is InChI=1S/C22H24FN5O3/c1-22(2)10-16(25-20(30)17-9-19(29)27(4)21(31)26(17)3)15-12-24-28(18(15)11-22)14-7-5-6-13(23)8-14/h5-9,12,16H,10-11H2,1-4H3,(H,25,30). The van der Waals surface area contributed by atoms with E-state index < -0.39 is 17.2 Å². The van der Waals surface area contributed by atoms with Gasteiger partial charge in [0.2, 0.25) is 0 Å². The molecule has 2 aromatic heterocycles. The minimum Gasteiger partial charge on any atom is -0.344 e. The van der Waals surface area contributed by atoms with Gasteiger partial charge in [-0.2, -0.15) is 5.10 Å². The normalized spacial score (nSPS) is 17.3. The first kappa shape index (κ1) is 20.8. The van der Waals surface area contributed by atoms with Gasteiger partial charge in [0.15, 0.2) is 0 Å². The molecule has 0 bridgehead atoms. The van der Waals surface area contributed by atoms with Gasteiger partial charge in [0.1, 0.15) is 11.5 Å².